The number of nitrogens with zero attached hydrogens (tertiary/aromatic N) is 4. The van der Waals surface area contributed by atoms with Crippen LogP contribution in [0.5, 0.6) is 0 Å². The minimum atomic E-state index is -0.328. The molecule has 0 spiro atoms. The van der Waals surface area contributed by atoms with E-state index in [0.29, 0.717) is 30.4 Å². The Morgan fingerprint density at radius 2 is 1.75 bits per heavy atom. The number of carbonyl (C=O) groups is 1. The van der Waals surface area contributed by atoms with Crippen LogP contribution in [0.1, 0.15) is 23.3 Å². The maximum absolute atomic E-state index is 13.4. The first-order valence-corrected chi connectivity index (χ1v) is 12.5. The standard InChI is InChI=1S/C27H25N7OS/c28-14-6-7-15-29-23-17-22(31-24(34-23)18-9-2-1-3-10-18)25(35)32-20-12-5-4-11-19(20)26-33-21-13-8-16-30-27(21)36-26/h1-5,8-13,16-17H,6-7,14-15,28H2,(H,32,35)(H,29,31,34). The molecule has 3 aromatic heterocycles. The highest BCUT2D eigenvalue weighted by molar-refractivity contribution is 7.21. The Morgan fingerprint density at radius 3 is 2.58 bits per heavy atom. The Bertz CT molecular complexity index is 1450. The molecular formula is C27H25N7OS. The Balaban J connectivity index is 1.45. The second-order valence-electron chi connectivity index (χ2n) is 8.10. The molecule has 0 bridgehead atoms. The van der Waals surface area contributed by atoms with Gasteiger partial charge in [-0.2, -0.15) is 0 Å². The molecule has 3 heterocycles. The minimum absolute atomic E-state index is 0.269. The summed E-state index contributed by atoms with van der Waals surface area (Å²) in [6.45, 7) is 1.34. The number of nitrogens with two attached hydrogens (primary N) is 1. The third kappa shape index (κ3) is 5.37. The number of thiazole rings is 1. The number of unbranched alkanes of at least 4 members (excludes halogenated alkanes) is 1. The van der Waals surface area contributed by atoms with Crippen LogP contribution >= 0.6 is 11.3 Å². The average Bonchev–Trinajstić information content (AvgIpc) is 3.36. The lowest BCUT2D eigenvalue weighted by atomic mass is 10.1. The van der Waals surface area contributed by atoms with Crippen LogP contribution in [0.4, 0.5) is 11.5 Å². The molecule has 1 amide bonds. The minimum Gasteiger partial charge on any atom is -0.370 e. The fourth-order valence-electron chi connectivity index (χ4n) is 3.71. The molecule has 0 aliphatic heterocycles. The van der Waals surface area contributed by atoms with Crippen molar-refractivity contribution < 1.29 is 4.79 Å². The lowest BCUT2D eigenvalue weighted by Gasteiger charge is -2.12. The first kappa shape index (κ1) is 23.5. The molecule has 180 valence electrons. The molecule has 4 N–H and O–H groups in total. The van der Waals surface area contributed by atoms with E-state index < -0.39 is 0 Å². The van der Waals surface area contributed by atoms with Crippen molar-refractivity contribution in [3.05, 3.63) is 84.7 Å². The van der Waals surface area contributed by atoms with Gasteiger partial charge < -0.3 is 16.4 Å². The number of carbonyl (C=O) groups excluding carboxylic acids is 1. The number of benzene rings is 2. The molecule has 0 aliphatic carbocycles. The molecule has 0 aliphatic rings. The molecule has 0 saturated carbocycles. The van der Waals surface area contributed by atoms with Gasteiger partial charge in [0, 0.05) is 29.9 Å². The number of hydrogen-bond acceptors (Lipinski definition) is 8. The lowest BCUT2D eigenvalue weighted by molar-refractivity contribution is 0.102. The number of fused-ring (bicyclic) bond motifs is 1. The highest BCUT2D eigenvalue weighted by atomic mass is 32.1. The predicted molar refractivity (Wildman–Crippen MR) is 145 cm³/mol. The second kappa shape index (κ2) is 11.0. The zero-order valence-electron chi connectivity index (χ0n) is 19.5. The van der Waals surface area contributed by atoms with E-state index in [9.17, 15) is 4.79 Å². The summed E-state index contributed by atoms with van der Waals surface area (Å²) in [6.07, 6.45) is 3.57. The maximum Gasteiger partial charge on any atom is 0.274 e. The van der Waals surface area contributed by atoms with Gasteiger partial charge in [0.05, 0.1) is 5.69 Å². The molecule has 36 heavy (non-hydrogen) atoms. The van der Waals surface area contributed by atoms with E-state index in [1.165, 1.54) is 11.3 Å². The predicted octanol–water partition coefficient (Wildman–Crippen LogP) is 5.22. The van der Waals surface area contributed by atoms with Gasteiger partial charge in [0.25, 0.3) is 5.91 Å². The van der Waals surface area contributed by atoms with Crippen LogP contribution in [0.2, 0.25) is 0 Å². The van der Waals surface area contributed by atoms with Gasteiger partial charge in [-0.15, -0.1) is 0 Å². The molecule has 0 radical (unpaired) electrons. The topological polar surface area (TPSA) is 119 Å². The van der Waals surface area contributed by atoms with Crippen LogP contribution in [0.25, 0.3) is 32.3 Å². The molecule has 0 fully saturated rings. The number of amides is 1. The quantitative estimate of drug-likeness (QED) is 0.240. The van der Waals surface area contributed by atoms with E-state index in [0.717, 1.165) is 39.3 Å². The molecule has 0 unspecified atom stereocenters. The van der Waals surface area contributed by atoms with Gasteiger partial charge in [0.2, 0.25) is 0 Å². The van der Waals surface area contributed by atoms with Crippen LogP contribution in [-0.2, 0) is 0 Å². The summed E-state index contributed by atoms with van der Waals surface area (Å²) >= 11 is 1.48. The van der Waals surface area contributed by atoms with Gasteiger partial charge in [0.1, 0.15) is 26.9 Å². The Kier molecular flexibility index (Phi) is 7.20. The van der Waals surface area contributed by atoms with Crippen LogP contribution < -0.4 is 16.4 Å². The van der Waals surface area contributed by atoms with Crippen molar-refractivity contribution in [2.24, 2.45) is 5.73 Å². The highest BCUT2D eigenvalue weighted by Crippen LogP contribution is 2.33. The largest absolute Gasteiger partial charge is 0.370 e. The highest BCUT2D eigenvalue weighted by Gasteiger charge is 2.17. The van der Waals surface area contributed by atoms with Crippen molar-refractivity contribution >= 4 is 39.1 Å². The van der Waals surface area contributed by atoms with Gasteiger partial charge in [0.15, 0.2) is 5.82 Å². The summed E-state index contributed by atoms with van der Waals surface area (Å²) in [5.74, 6) is 0.748. The van der Waals surface area contributed by atoms with E-state index in [4.69, 9.17) is 10.7 Å². The molecule has 0 saturated heterocycles. The van der Waals surface area contributed by atoms with Gasteiger partial charge in [-0.25, -0.2) is 19.9 Å². The van der Waals surface area contributed by atoms with Crippen LogP contribution in [0, 0.1) is 0 Å². The van der Waals surface area contributed by atoms with E-state index in [1.54, 1.807) is 12.3 Å². The van der Waals surface area contributed by atoms with E-state index in [2.05, 4.69) is 25.6 Å². The number of anilines is 2. The van der Waals surface area contributed by atoms with Crippen molar-refractivity contribution in [3.63, 3.8) is 0 Å². The summed E-state index contributed by atoms with van der Waals surface area (Å²) in [4.78, 5) is 32.6. The number of para-hydroxylation sites is 1. The third-order valence-electron chi connectivity index (χ3n) is 5.50. The van der Waals surface area contributed by atoms with Crippen LogP contribution in [-0.4, -0.2) is 38.9 Å². The first-order valence-electron chi connectivity index (χ1n) is 11.7. The van der Waals surface area contributed by atoms with Crippen molar-refractivity contribution in [2.75, 3.05) is 23.7 Å². The summed E-state index contributed by atoms with van der Waals surface area (Å²) in [5, 5.41) is 7.11. The van der Waals surface area contributed by atoms with E-state index in [-0.39, 0.29) is 11.6 Å². The zero-order valence-corrected chi connectivity index (χ0v) is 20.3. The fraction of sp³-hybridized carbons (Fsp3) is 0.148. The van der Waals surface area contributed by atoms with Gasteiger partial charge in [-0.3, -0.25) is 4.79 Å². The molecule has 9 heteroatoms. The fourth-order valence-corrected chi connectivity index (χ4v) is 4.65. The summed E-state index contributed by atoms with van der Waals surface area (Å²) in [6, 6.07) is 22.7. The third-order valence-corrected chi connectivity index (χ3v) is 6.51. The first-order chi connectivity index (χ1) is 17.7. The number of aromatic nitrogens is 4. The Labute approximate surface area is 212 Å². The van der Waals surface area contributed by atoms with Gasteiger partial charge in [-0.1, -0.05) is 53.8 Å². The number of hydrogen-bond donors (Lipinski definition) is 3. The van der Waals surface area contributed by atoms with Crippen molar-refractivity contribution in [3.8, 4) is 22.0 Å². The zero-order chi connectivity index (χ0) is 24.7. The number of pyridine rings is 1. The summed E-state index contributed by atoms with van der Waals surface area (Å²) < 4.78 is 0. The Morgan fingerprint density at radius 1 is 0.917 bits per heavy atom. The lowest BCUT2D eigenvalue weighted by Crippen LogP contribution is -2.16. The smallest absolute Gasteiger partial charge is 0.274 e. The van der Waals surface area contributed by atoms with Crippen LogP contribution in [0.3, 0.4) is 0 Å². The molecule has 5 aromatic rings. The van der Waals surface area contributed by atoms with Gasteiger partial charge in [-0.05, 0) is 43.7 Å². The van der Waals surface area contributed by atoms with E-state index in [1.807, 2.05) is 66.7 Å². The molecule has 8 nitrogen and oxygen atoms in total. The average molecular weight is 496 g/mol. The monoisotopic (exact) mass is 495 g/mol. The van der Waals surface area contributed by atoms with Crippen LogP contribution in [0.15, 0.2) is 79.0 Å². The summed E-state index contributed by atoms with van der Waals surface area (Å²) in [7, 11) is 0. The molecule has 0 atom stereocenters. The van der Waals surface area contributed by atoms with Crippen molar-refractivity contribution in [2.45, 2.75) is 12.8 Å². The van der Waals surface area contributed by atoms with Crippen molar-refractivity contribution in [1.82, 2.24) is 19.9 Å². The summed E-state index contributed by atoms with van der Waals surface area (Å²) in [5.41, 5.74) is 9.01. The normalized spacial score (nSPS) is 10.9. The van der Waals surface area contributed by atoms with Crippen molar-refractivity contribution in [1.29, 1.82) is 0 Å². The molecule has 2 aromatic carbocycles. The Hall–Kier alpha value is -4.21. The number of rotatable bonds is 9. The molecule has 5 rings (SSSR count). The SMILES string of the molecule is NCCCCNc1cc(C(=O)Nc2ccccc2-c2nc3cccnc3s2)nc(-c2ccccc2)n1. The van der Waals surface area contributed by atoms with Gasteiger partial charge >= 0.3 is 0 Å². The molecular weight excluding hydrogens is 470 g/mol. The second-order valence-corrected chi connectivity index (χ2v) is 9.07. The number of nitrogens with one attached hydrogen (secondary N) is 2. The maximum atomic E-state index is 13.4. The van der Waals surface area contributed by atoms with E-state index >= 15 is 0 Å².